The zero-order valence-corrected chi connectivity index (χ0v) is 10.9. The minimum absolute atomic E-state index is 0.106. The molecule has 6 heteroatoms. The lowest BCUT2D eigenvalue weighted by atomic mass is 10.1. The van der Waals surface area contributed by atoms with Crippen molar-refractivity contribution in [1.82, 2.24) is 9.80 Å². The number of ether oxygens (including phenoxy) is 1. The molecule has 0 aromatic carbocycles. The SMILES string of the molecule is COC(=O)CCN1CCN(C(=O)C(C)C#N)CC1. The number of hydrogen-bond donors (Lipinski definition) is 0. The minimum atomic E-state index is -0.577. The average molecular weight is 253 g/mol. The van der Waals surface area contributed by atoms with Gasteiger partial charge in [-0.2, -0.15) is 5.26 Å². The summed E-state index contributed by atoms with van der Waals surface area (Å²) in [4.78, 5) is 26.6. The fraction of sp³-hybridized carbons (Fsp3) is 0.750. The highest BCUT2D eigenvalue weighted by atomic mass is 16.5. The average Bonchev–Trinajstić information content (AvgIpc) is 2.43. The van der Waals surface area contributed by atoms with Crippen molar-refractivity contribution in [2.75, 3.05) is 39.8 Å². The van der Waals surface area contributed by atoms with Crippen LogP contribution in [0.1, 0.15) is 13.3 Å². The number of nitriles is 1. The molecule has 1 fully saturated rings. The van der Waals surface area contributed by atoms with Crippen LogP contribution in [0.5, 0.6) is 0 Å². The maximum Gasteiger partial charge on any atom is 0.306 e. The maximum absolute atomic E-state index is 11.8. The Balaban J connectivity index is 2.31. The lowest BCUT2D eigenvalue weighted by Crippen LogP contribution is -2.50. The van der Waals surface area contributed by atoms with Gasteiger partial charge in [-0.25, -0.2) is 0 Å². The van der Waals surface area contributed by atoms with Crippen molar-refractivity contribution in [2.45, 2.75) is 13.3 Å². The summed E-state index contributed by atoms with van der Waals surface area (Å²) in [6.07, 6.45) is 0.374. The normalized spacial score (nSPS) is 17.9. The number of nitrogens with zero attached hydrogens (tertiary/aromatic N) is 3. The number of rotatable bonds is 4. The van der Waals surface area contributed by atoms with Gasteiger partial charge in [0.1, 0.15) is 5.92 Å². The second kappa shape index (κ2) is 6.97. The van der Waals surface area contributed by atoms with E-state index in [-0.39, 0.29) is 11.9 Å². The summed E-state index contributed by atoms with van der Waals surface area (Å²) in [7, 11) is 1.38. The first-order chi connectivity index (χ1) is 8.58. The number of carbonyl (C=O) groups is 2. The molecule has 0 aromatic rings. The van der Waals surface area contributed by atoms with E-state index in [1.165, 1.54) is 7.11 Å². The molecule has 1 unspecified atom stereocenters. The van der Waals surface area contributed by atoms with Crippen molar-refractivity contribution in [3.63, 3.8) is 0 Å². The van der Waals surface area contributed by atoms with Gasteiger partial charge in [0.05, 0.1) is 19.6 Å². The predicted molar refractivity (Wildman–Crippen MR) is 64.4 cm³/mol. The van der Waals surface area contributed by atoms with E-state index >= 15 is 0 Å². The lowest BCUT2D eigenvalue weighted by Gasteiger charge is -2.35. The van der Waals surface area contributed by atoms with E-state index in [9.17, 15) is 9.59 Å². The van der Waals surface area contributed by atoms with Gasteiger partial charge < -0.3 is 9.64 Å². The topological polar surface area (TPSA) is 73.6 Å². The molecule has 0 spiro atoms. The smallest absolute Gasteiger partial charge is 0.306 e. The molecule has 1 heterocycles. The van der Waals surface area contributed by atoms with Crippen LogP contribution in [0.25, 0.3) is 0 Å². The third kappa shape index (κ3) is 4.00. The van der Waals surface area contributed by atoms with Gasteiger partial charge in [-0.1, -0.05) is 0 Å². The van der Waals surface area contributed by atoms with Gasteiger partial charge in [-0.15, -0.1) is 0 Å². The van der Waals surface area contributed by atoms with Gasteiger partial charge >= 0.3 is 5.97 Å². The van der Waals surface area contributed by atoms with Gasteiger partial charge in [0.15, 0.2) is 0 Å². The van der Waals surface area contributed by atoms with Crippen LogP contribution in [0.4, 0.5) is 0 Å². The zero-order valence-electron chi connectivity index (χ0n) is 10.9. The molecule has 1 rings (SSSR count). The van der Waals surface area contributed by atoms with E-state index in [2.05, 4.69) is 9.64 Å². The predicted octanol–water partition coefficient (Wildman–Crippen LogP) is -0.147. The van der Waals surface area contributed by atoms with E-state index in [1.807, 2.05) is 6.07 Å². The van der Waals surface area contributed by atoms with Crippen molar-refractivity contribution in [3.8, 4) is 6.07 Å². The molecule has 6 nitrogen and oxygen atoms in total. The highest BCUT2D eigenvalue weighted by Gasteiger charge is 2.24. The first-order valence-electron chi connectivity index (χ1n) is 6.06. The van der Waals surface area contributed by atoms with Crippen molar-refractivity contribution in [3.05, 3.63) is 0 Å². The third-order valence-electron chi connectivity index (χ3n) is 3.11. The monoisotopic (exact) mass is 253 g/mol. The van der Waals surface area contributed by atoms with E-state index in [4.69, 9.17) is 5.26 Å². The van der Waals surface area contributed by atoms with Crippen LogP contribution in [0.15, 0.2) is 0 Å². The Morgan fingerprint density at radius 2 is 1.94 bits per heavy atom. The summed E-state index contributed by atoms with van der Waals surface area (Å²) < 4.78 is 4.58. The molecule has 1 saturated heterocycles. The first kappa shape index (κ1) is 14.5. The number of piperazine rings is 1. The summed E-state index contributed by atoms with van der Waals surface area (Å²) in [5.74, 6) is -0.900. The largest absolute Gasteiger partial charge is 0.469 e. The van der Waals surface area contributed by atoms with Gasteiger partial charge in [0.25, 0.3) is 0 Å². The van der Waals surface area contributed by atoms with Crippen LogP contribution in [-0.4, -0.2) is 61.5 Å². The standard InChI is InChI=1S/C12H19N3O3/c1-10(9-13)12(17)15-7-5-14(6-8-15)4-3-11(16)18-2/h10H,3-8H2,1-2H3. The van der Waals surface area contributed by atoms with Crippen molar-refractivity contribution >= 4 is 11.9 Å². The third-order valence-corrected chi connectivity index (χ3v) is 3.11. The van der Waals surface area contributed by atoms with Crippen LogP contribution < -0.4 is 0 Å². The zero-order chi connectivity index (χ0) is 13.5. The van der Waals surface area contributed by atoms with Crippen LogP contribution in [0.3, 0.4) is 0 Å². The number of hydrogen-bond acceptors (Lipinski definition) is 5. The van der Waals surface area contributed by atoms with Crippen LogP contribution in [-0.2, 0) is 14.3 Å². The van der Waals surface area contributed by atoms with Crippen molar-refractivity contribution in [2.24, 2.45) is 5.92 Å². The Morgan fingerprint density at radius 1 is 1.33 bits per heavy atom. The Labute approximate surface area is 107 Å². The number of methoxy groups -OCH3 is 1. The van der Waals surface area contributed by atoms with E-state index in [0.29, 0.717) is 26.1 Å². The molecule has 100 valence electrons. The fourth-order valence-corrected chi connectivity index (χ4v) is 1.87. The van der Waals surface area contributed by atoms with Crippen LogP contribution in [0.2, 0.25) is 0 Å². The van der Waals surface area contributed by atoms with Gasteiger partial charge in [0, 0.05) is 32.7 Å². The van der Waals surface area contributed by atoms with Crippen LogP contribution in [0, 0.1) is 17.2 Å². The summed E-state index contributed by atoms with van der Waals surface area (Å²) in [6, 6.07) is 1.95. The minimum Gasteiger partial charge on any atom is -0.469 e. The second-order valence-electron chi connectivity index (χ2n) is 4.34. The lowest BCUT2D eigenvalue weighted by molar-refractivity contribution is -0.141. The molecule has 1 amide bonds. The number of amides is 1. The summed E-state index contributed by atoms with van der Waals surface area (Å²) in [5.41, 5.74) is 0. The van der Waals surface area contributed by atoms with Crippen molar-refractivity contribution < 1.29 is 14.3 Å². The Morgan fingerprint density at radius 3 is 2.44 bits per heavy atom. The van der Waals surface area contributed by atoms with Crippen molar-refractivity contribution in [1.29, 1.82) is 5.26 Å². The van der Waals surface area contributed by atoms with E-state index in [1.54, 1.807) is 11.8 Å². The molecule has 0 N–H and O–H groups in total. The molecular weight excluding hydrogens is 234 g/mol. The Hall–Kier alpha value is -1.61. The fourth-order valence-electron chi connectivity index (χ4n) is 1.87. The highest BCUT2D eigenvalue weighted by molar-refractivity contribution is 5.80. The molecule has 0 aromatic heterocycles. The van der Waals surface area contributed by atoms with E-state index < -0.39 is 5.92 Å². The Bertz CT molecular complexity index is 343. The van der Waals surface area contributed by atoms with Gasteiger partial charge in [0.2, 0.25) is 5.91 Å². The maximum atomic E-state index is 11.8. The Kier molecular flexibility index (Phi) is 5.59. The van der Waals surface area contributed by atoms with E-state index in [0.717, 1.165) is 13.1 Å². The molecule has 1 aliphatic heterocycles. The van der Waals surface area contributed by atoms with Gasteiger partial charge in [-0.3, -0.25) is 14.5 Å². The molecule has 0 radical (unpaired) electrons. The molecule has 1 atom stereocenters. The highest BCUT2D eigenvalue weighted by Crippen LogP contribution is 2.07. The molecule has 0 saturated carbocycles. The number of carbonyl (C=O) groups excluding carboxylic acids is 2. The molecule has 18 heavy (non-hydrogen) atoms. The number of esters is 1. The summed E-state index contributed by atoms with van der Waals surface area (Å²) in [5, 5.41) is 8.70. The quantitative estimate of drug-likeness (QED) is 0.652. The molecule has 0 aliphatic carbocycles. The molecule has 0 bridgehead atoms. The van der Waals surface area contributed by atoms with Crippen LogP contribution >= 0.6 is 0 Å². The summed E-state index contributed by atoms with van der Waals surface area (Å²) >= 11 is 0. The second-order valence-corrected chi connectivity index (χ2v) is 4.34. The first-order valence-corrected chi connectivity index (χ1v) is 6.06. The van der Waals surface area contributed by atoms with Gasteiger partial charge in [-0.05, 0) is 6.92 Å². The summed E-state index contributed by atoms with van der Waals surface area (Å²) in [6.45, 7) is 4.98. The molecular formula is C12H19N3O3. The molecule has 1 aliphatic rings.